The Labute approximate surface area is 167 Å². The van der Waals surface area contributed by atoms with E-state index < -0.39 is 34.5 Å². The van der Waals surface area contributed by atoms with Crippen LogP contribution in [0.15, 0.2) is 28.6 Å². The third-order valence-electron chi connectivity index (χ3n) is 3.41. The number of amides is 3. The van der Waals surface area contributed by atoms with E-state index in [0.717, 1.165) is 6.07 Å². The number of thiophene rings is 1. The Morgan fingerprint density at radius 1 is 1.43 bits per heavy atom. The van der Waals surface area contributed by atoms with Gasteiger partial charge in [0, 0.05) is 6.54 Å². The molecule has 0 aliphatic rings. The van der Waals surface area contributed by atoms with Crippen LogP contribution in [0.25, 0.3) is 10.6 Å². The summed E-state index contributed by atoms with van der Waals surface area (Å²) in [6.07, 6.45) is -4.76. The molecule has 0 saturated carbocycles. The highest BCUT2D eigenvalue weighted by Crippen LogP contribution is 2.39. The van der Waals surface area contributed by atoms with Gasteiger partial charge >= 0.3 is 12.2 Å². The summed E-state index contributed by atoms with van der Waals surface area (Å²) >= 11 is 1.89. The van der Waals surface area contributed by atoms with Gasteiger partial charge in [0.15, 0.2) is 0 Å². The molecule has 1 atom stereocenters. The molecule has 28 heavy (non-hydrogen) atoms. The van der Waals surface area contributed by atoms with Gasteiger partial charge in [0.25, 0.3) is 0 Å². The summed E-state index contributed by atoms with van der Waals surface area (Å²) in [6, 6.07) is 4.93. The Morgan fingerprint density at radius 2 is 2.14 bits per heavy atom. The minimum Gasteiger partial charge on any atom is -0.338 e. The van der Waals surface area contributed by atoms with Crippen LogP contribution in [0.5, 0.6) is 0 Å². The number of alkyl halides is 3. The van der Waals surface area contributed by atoms with E-state index in [4.69, 9.17) is 0 Å². The number of urea groups is 1. The molecule has 11 heteroatoms. The first kappa shape index (κ1) is 21.7. The fraction of sp³-hybridized carbons (Fsp3) is 0.294. The van der Waals surface area contributed by atoms with Crippen LogP contribution in [0.2, 0.25) is 0 Å². The number of aromatic nitrogens is 1. The van der Waals surface area contributed by atoms with Crippen LogP contribution in [0.1, 0.15) is 25.0 Å². The third-order valence-corrected chi connectivity index (χ3v) is 5.39. The molecule has 2 N–H and O–H groups in total. The summed E-state index contributed by atoms with van der Waals surface area (Å²) in [5.41, 5.74) is -1.72. The first-order valence-electron chi connectivity index (χ1n) is 7.99. The van der Waals surface area contributed by atoms with Gasteiger partial charge in [0.2, 0.25) is 5.91 Å². The van der Waals surface area contributed by atoms with Gasteiger partial charge in [-0.05, 0) is 31.4 Å². The third kappa shape index (κ3) is 5.24. The van der Waals surface area contributed by atoms with E-state index in [1.807, 2.05) is 0 Å². The van der Waals surface area contributed by atoms with Crippen LogP contribution in [-0.2, 0) is 11.0 Å². The highest BCUT2D eigenvalue weighted by molar-refractivity contribution is 8.00. The number of pyridine rings is 1. The lowest BCUT2D eigenvalue weighted by molar-refractivity contribution is -0.138. The maximum atomic E-state index is 13.5. The summed E-state index contributed by atoms with van der Waals surface area (Å²) in [5.74, 6) is -0.711. The molecule has 0 fully saturated rings. The summed E-state index contributed by atoms with van der Waals surface area (Å²) in [4.78, 5) is 28.2. The highest BCUT2D eigenvalue weighted by atomic mass is 32.2. The number of nitrogens with one attached hydrogen (secondary N) is 2. The SMILES string of the molecule is CCNC(=O)NC(=O)C(C)Sc1nc(-c2cccs2)cc(C(F)(F)F)c1C#N. The van der Waals surface area contributed by atoms with Crippen LogP contribution in [0.3, 0.4) is 0 Å². The Bertz CT molecular complexity index is 908. The van der Waals surface area contributed by atoms with Gasteiger partial charge in [0.1, 0.15) is 11.1 Å². The first-order chi connectivity index (χ1) is 13.2. The van der Waals surface area contributed by atoms with E-state index in [-0.39, 0.29) is 10.7 Å². The minimum absolute atomic E-state index is 0.0557. The van der Waals surface area contributed by atoms with E-state index in [9.17, 15) is 28.0 Å². The molecule has 3 amide bonds. The van der Waals surface area contributed by atoms with Crippen LogP contribution in [0, 0.1) is 11.3 Å². The summed E-state index contributed by atoms with van der Waals surface area (Å²) in [5, 5.41) is 14.3. The lowest BCUT2D eigenvalue weighted by Gasteiger charge is -2.16. The molecule has 0 aliphatic heterocycles. The molecular formula is C17H15F3N4O2S2. The average molecular weight is 428 g/mol. The average Bonchev–Trinajstić information content (AvgIpc) is 3.15. The van der Waals surface area contributed by atoms with Gasteiger partial charge in [0.05, 0.1) is 26.9 Å². The van der Waals surface area contributed by atoms with Gasteiger partial charge in [-0.3, -0.25) is 10.1 Å². The van der Waals surface area contributed by atoms with Crippen molar-refractivity contribution in [1.29, 1.82) is 5.26 Å². The van der Waals surface area contributed by atoms with Crippen molar-refractivity contribution in [3.63, 3.8) is 0 Å². The van der Waals surface area contributed by atoms with Gasteiger partial charge in [-0.25, -0.2) is 9.78 Å². The molecular weight excluding hydrogens is 413 g/mol. The highest BCUT2D eigenvalue weighted by Gasteiger charge is 2.36. The van der Waals surface area contributed by atoms with Crippen molar-refractivity contribution in [2.45, 2.75) is 30.3 Å². The maximum Gasteiger partial charge on any atom is 0.417 e. The van der Waals surface area contributed by atoms with Crippen molar-refractivity contribution in [3.05, 3.63) is 34.7 Å². The fourth-order valence-electron chi connectivity index (χ4n) is 2.13. The Kier molecular flexibility index (Phi) is 7.04. The van der Waals surface area contributed by atoms with Crippen molar-refractivity contribution >= 4 is 35.0 Å². The first-order valence-corrected chi connectivity index (χ1v) is 9.74. The van der Waals surface area contributed by atoms with Gasteiger partial charge in [-0.1, -0.05) is 17.8 Å². The zero-order valence-corrected chi connectivity index (χ0v) is 16.4. The zero-order chi connectivity index (χ0) is 20.9. The van der Waals surface area contributed by atoms with E-state index >= 15 is 0 Å². The number of carbonyl (C=O) groups is 2. The zero-order valence-electron chi connectivity index (χ0n) is 14.8. The Hall–Kier alpha value is -2.58. The van der Waals surface area contributed by atoms with E-state index in [2.05, 4.69) is 15.6 Å². The van der Waals surface area contributed by atoms with Crippen LogP contribution >= 0.6 is 23.1 Å². The molecule has 2 heterocycles. The molecule has 6 nitrogen and oxygen atoms in total. The predicted octanol–water partition coefficient (Wildman–Crippen LogP) is 4.03. The maximum absolute atomic E-state index is 13.5. The van der Waals surface area contributed by atoms with E-state index in [0.29, 0.717) is 23.2 Å². The second-order valence-corrected chi connectivity index (χ2v) is 7.71. The van der Waals surface area contributed by atoms with Crippen LogP contribution < -0.4 is 10.6 Å². The standard InChI is InChI=1S/C17H15F3N4O2S2/c1-3-22-16(26)24-14(25)9(2)28-15-10(8-21)11(17(18,19)20)7-12(23-15)13-5-4-6-27-13/h4-7,9H,3H2,1-2H3,(H2,22,24,25,26). The van der Waals surface area contributed by atoms with Gasteiger partial charge < -0.3 is 5.32 Å². The van der Waals surface area contributed by atoms with Gasteiger partial charge in [-0.15, -0.1) is 11.3 Å². The van der Waals surface area contributed by atoms with Crippen LogP contribution in [-0.4, -0.2) is 28.7 Å². The lowest BCUT2D eigenvalue weighted by Crippen LogP contribution is -2.42. The minimum atomic E-state index is -4.76. The number of thioether (sulfide) groups is 1. The number of nitriles is 1. The Balaban J connectivity index is 2.42. The topological polar surface area (TPSA) is 94.9 Å². The number of nitrogens with zero attached hydrogens (tertiary/aromatic N) is 2. The van der Waals surface area contributed by atoms with Crippen molar-refractivity contribution in [2.24, 2.45) is 0 Å². The molecule has 0 aromatic carbocycles. The number of rotatable bonds is 5. The molecule has 2 aromatic heterocycles. The molecule has 0 radical (unpaired) electrons. The number of imide groups is 1. The lowest BCUT2D eigenvalue weighted by atomic mass is 10.1. The van der Waals surface area contributed by atoms with Gasteiger partial charge in [-0.2, -0.15) is 18.4 Å². The van der Waals surface area contributed by atoms with Crippen molar-refractivity contribution < 1.29 is 22.8 Å². The molecule has 2 aromatic rings. The van der Waals surface area contributed by atoms with Crippen LogP contribution in [0.4, 0.5) is 18.0 Å². The Morgan fingerprint density at radius 3 is 2.68 bits per heavy atom. The largest absolute Gasteiger partial charge is 0.417 e. The molecule has 2 rings (SSSR count). The van der Waals surface area contributed by atoms with Crippen molar-refractivity contribution in [3.8, 4) is 16.6 Å². The fourth-order valence-corrected chi connectivity index (χ4v) is 3.74. The number of hydrogen-bond acceptors (Lipinski definition) is 6. The van der Waals surface area contributed by atoms with Crippen molar-refractivity contribution in [2.75, 3.05) is 6.54 Å². The molecule has 1 unspecified atom stereocenters. The molecule has 0 bridgehead atoms. The quantitative estimate of drug-likeness (QED) is 0.702. The number of hydrogen-bond donors (Lipinski definition) is 2. The second-order valence-electron chi connectivity index (χ2n) is 5.43. The number of halogens is 3. The molecule has 0 spiro atoms. The molecule has 0 saturated heterocycles. The summed E-state index contributed by atoms with van der Waals surface area (Å²) in [6.45, 7) is 3.38. The predicted molar refractivity (Wildman–Crippen MR) is 99.8 cm³/mol. The smallest absolute Gasteiger partial charge is 0.338 e. The molecule has 0 aliphatic carbocycles. The molecule has 148 valence electrons. The number of carbonyl (C=O) groups excluding carboxylic acids is 2. The summed E-state index contributed by atoms with van der Waals surface area (Å²) in [7, 11) is 0. The summed E-state index contributed by atoms with van der Waals surface area (Å²) < 4.78 is 40.4. The van der Waals surface area contributed by atoms with Crippen molar-refractivity contribution in [1.82, 2.24) is 15.6 Å². The van der Waals surface area contributed by atoms with E-state index in [1.165, 1.54) is 24.3 Å². The van der Waals surface area contributed by atoms with E-state index in [1.54, 1.807) is 24.4 Å². The monoisotopic (exact) mass is 428 g/mol. The normalized spacial score (nSPS) is 12.1. The second kappa shape index (κ2) is 9.07.